The molecule has 0 aliphatic carbocycles. The van der Waals surface area contributed by atoms with E-state index in [0.717, 1.165) is 11.4 Å². The summed E-state index contributed by atoms with van der Waals surface area (Å²) >= 11 is 0. The van der Waals surface area contributed by atoms with E-state index in [9.17, 15) is 19.2 Å². The van der Waals surface area contributed by atoms with E-state index in [1.165, 1.54) is 0 Å². The van der Waals surface area contributed by atoms with Gasteiger partial charge in [0.25, 0.3) is 11.7 Å². The predicted octanol–water partition coefficient (Wildman–Crippen LogP) is 1.54. The zero-order valence-electron chi connectivity index (χ0n) is 19.6. The number of hydrogen-bond acceptors (Lipinski definition) is 8. The molecule has 2 aromatic carbocycles. The number of anilines is 2. The number of esters is 1. The zero-order chi connectivity index (χ0) is 25.0. The molecule has 33 heavy (non-hydrogen) atoms. The maximum absolute atomic E-state index is 11.6. The van der Waals surface area contributed by atoms with Crippen LogP contribution in [0, 0.1) is 0 Å². The molecule has 0 atom stereocenters. The lowest BCUT2D eigenvalue weighted by molar-refractivity contribution is -0.137. The molecule has 0 saturated heterocycles. The molecule has 0 aromatic heterocycles. The topological polar surface area (TPSA) is 116 Å². The van der Waals surface area contributed by atoms with Crippen LogP contribution < -0.4 is 15.1 Å². The van der Waals surface area contributed by atoms with Crippen molar-refractivity contribution in [1.29, 1.82) is 0 Å². The standard InChI is InChI=1S/C12H16N2O3.C12H15NO3/c1-14(2)10-5-3-9(4-6-10)11(16)12(17)13-7-8-15;1-4-16-12(15)11(14)9-5-7-10(8-6-9)13(2)3/h3-6,15H,7-8H2,1-2H3,(H,13,17);5-8H,4H2,1-3H3. The third kappa shape index (κ3) is 8.74. The molecule has 0 aliphatic rings. The Hall–Kier alpha value is -3.72. The lowest BCUT2D eigenvalue weighted by Gasteiger charge is -2.12. The summed E-state index contributed by atoms with van der Waals surface area (Å²) in [4.78, 5) is 49.5. The Morgan fingerprint density at radius 3 is 1.58 bits per heavy atom. The van der Waals surface area contributed by atoms with Crippen molar-refractivity contribution in [3.8, 4) is 0 Å². The molecule has 2 N–H and O–H groups in total. The van der Waals surface area contributed by atoms with Gasteiger partial charge in [0.15, 0.2) is 0 Å². The van der Waals surface area contributed by atoms with Gasteiger partial charge in [-0.3, -0.25) is 14.4 Å². The van der Waals surface area contributed by atoms with Gasteiger partial charge in [-0.25, -0.2) is 4.79 Å². The zero-order valence-corrected chi connectivity index (χ0v) is 19.6. The second kappa shape index (κ2) is 13.6. The van der Waals surface area contributed by atoms with Crippen molar-refractivity contribution in [2.75, 3.05) is 57.7 Å². The number of hydrogen-bond donors (Lipinski definition) is 2. The average molecular weight is 458 g/mol. The fraction of sp³-hybridized carbons (Fsp3) is 0.333. The number of aliphatic hydroxyl groups excluding tert-OH is 1. The first-order chi connectivity index (χ1) is 15.6. The summed E-state index contributed by atoms with van der Waals surface area (Å²) in [5, 5.41) is 10.9. The highest BCUT2D eigenvalue weighted by Crippen LogP contribution is 2.13. The van der Waals surface area contributed by atoms with Gasteiger partial charge in [0.2, 0.25) is 5.78 Å². The van der Waals surface area contributed by atoms with Crippen molar-refractivity contribution in [3.63, 3.8) is 0 Å². The highest BCUT2D eigenvalue weighted by Gasteiger charge is 2.17. The van der Waals surface area contributed by atoms with Crippen molar-refractivity contribution >= 4 is 34.8 Å². The smallest absolute Gasteiger partial charge is 0.379 e. The minimum absolute atomic E-state index is 0.0837. The second-order valence-corrected chi connectivity index (χ2v) is 7.24. The van der Waals surface area contributed by atoms with Crippen molar-refractivity contribution in [2.24, 2.45) is 0 Å². The maximum atomic E-state index is 11.6. The molecule has 0 spiro atoms. The monoisotopic (exact) mass is 457 g/mol. The number of rotatable bonds is 9. The van der Waals surface area contributed by atoms with Crippen molar-refractivity contribution < 1.29 is 29.0 Å². The number of nitrogens with zero attached hydrogens (tertiary/aromatic N) is 2. The van der Waals surface area contributed by atoms with Gasteiger partial charge < -0.3 is 25.0 Å². The van der Waals surface area contributed by atoms with Crippen LogP contribution in [0.4, 0.5) is 11.4 Å². The van der Waals surface area contributed by atoms with Crippen LogP contribution in [-0.4, -0.2) is 76.5 Å². The Balaban J connectivity index is 0.000000331. The van der Waals surface area contributed by atoms with E-state index in [0.29, 0.717) is 11.1 Å². The Bertz CT molecular complexity index is 938. The number of Topliss-reactive ketones (excluding diaryl/α,β-unsaturated/α-hetero) is 2. The number of ketones is 2. The third-order valence-electron chi connectivity index (χ3n) is 4.36. The summed E-state index contributed by atoms with van der Waals surface area (Å²) in [6, 6.07) is 13.6. The Kier molecular flexibility index (Phi) is 11.3. The van der Waals surface area contributed by atoms with Crippen LogP contribution in [0.1, 0.15) is 27.6 Å². The van der Waals surface area contributed by atoms with Crippen LogP contribution in [0.15, 0.2) is 48.5 Å². The fourth-order valence-corrected chi connectivity index (χ4v) is 2.52. The van der Waals surface area contributed by atoms with Gasteiger partial charge in [0.1, 0.15) is 0 Å². The van der Waals surface area contributed by atoms with Gasteiger partial charge in [-0.1, -0.05) is 0 Å². The summed E-state index contributed by atoms with van der Waals surface area (Å²) in [5.41, 5.74) is 2.62. The highest BCUT2D eigenvalue weighted by molar-refractivity contribution is 6.42. The second-order valence-electron chi connectivity index (χ2n) is 7.24. The van der Waals surface area contributed by atoms with Crippen LogP contribution in [0.5, 0.6) is 0 Å². The van der Waals surface area contributed by atoms with E-state index >= 15 is 0 Å². The van der Waals surface area contributed by atoms with Crippen LogP contribution in [0.3, 0.4) is 0 Å². The first-order valence-electron chi connectivity index (χ1n) is 10.3. The van der Waals surface area contributed by atoms with E-state index < -0.39 is 23.4 Å². The number of carbonyl (C=O) groups is 4. The van der Waals surface area contributed by atoms with Crippen molar-refractivity contribution in [3.05, 3.63) is 59.7 Å². The summed E-state index contributed by atoms with van der Waals surface area (Å²) in [5.74, 6) is -2.70. The highest BCUT2D eigenvalue weighted by atomic mass is 16.5. The summed E-state index contributed by atoms with van der Waals surface area (Å²) in [6.07, 6.45) is 0. The molecule has 1 amide bonds. The lowest BCUT2D eigenvalue weighted by Crippen LogP contribution is -2.33. The van der Waals surface area contributed by atoms with Crippen LogP contribution in [0.2, 0.25) is 0 Å². The molecule has 178 valence electrons. The van der Waals surface area contributed by atoms with Crippen LogP contribution >= 0.6 is 0 Å². The van der Waals surface area contributed by atoms with E-state index in [4.69, 9.17) is 5.11 Å². The molecular formula is C24H31N3O6. The summed E-state index contributed by atoms with van der Waals surface area (Å²) in [7, 11) is 7.60. The molecule has 0 aliphatic heterocycles. The van der Waals surface area contributed by atoms with Gasteiger partial charge >= 0.3 is 5.97 Å². The van der Waals surface area contributed by atoms with Crippen LogP contribution in [-0.2, 0) is 14.3 Å². The quantitative estimate of drug-likeness (QED) is 0.331. The molecule has 0 radical (unpaired) electrons. The number of ether oxygens (including phenoxy) is 1. The Morgan fingerprint density at radius 2 is 1.21 bits per heavy atom. The van der Waals surface area contributed by atoms with E-state index in [1.54, 1.807) is 55.5 Å². The normalized spacial score (nSPS) is 9.76. The Morgan fingerprint density at radius 1 is 0.788 bits per heavy atom. The number of carbonyl (C=O) groups excluding carboxylic acids is 4. The SMILES string of the molecule is CCOC(=O)C(=O)c1ccc(N(C)C)cc1.CN(C)c1ccc(C(=O)C(=O)NCCO)cc1. The fourth-order valence-electron chi connectivity index (χ4n) is 2.52. The minimum Gasteiger partial charge on any atom is -0.460 e. The number of nitrogens with one attached hydrogen (secondary N) is 1. The van der Waals surface area contributed by atoms with Crippen molar-refractivity contribution in [2.45, 2.75) is 6.92 Å². The van der Waals surface area contributed by atoms with Gasteiger partial charge in [0, 0.05) is 57.2 Å². The molecule has 0 unspecified atom stereocenters. The van der Waals surface area contributed by atoms with Gasteiger partial charge in [-0.15, -0.1) is 0 Å². The van der Waals surface area contributed by atoms with Gasteiger partial charge in [-0.05, 0) is 55.5 Å². The third-order valence-corrected chi connectivity index (χ3v) is 4.36. The number of amides is 1. The van der Waals surface area contributed by atoms with Crippen LogP contribution in [0.25, 0.3) is 0 Å². The first-order valence-corrected chi connectivity index (χ1v) is 10.3. The molecular weight excluding hydrogens is 426 g/mol. The molecule has 0 fully saturated rings. The molecule has 2 rings (SSSR count). The average Bonchev–Trinajstić information content (AvgIpc) is 2.82. The number of aliphatic hydroxyl groups is 1. The summed E-state index contributed by atoms with van der Waals surface area (Å²) in [6.45, 7) is 1.78. The minimum atomic E-state index is -0.805. The summed E-state index contributed by atoms with van der Waals surface area (Å²) < 4.78 is 4.64. The van der Waals surface area contributed by atoms with Crippen molar-refractivity contribution in [1.82, 2.24) is 5.32 Å². The predicted molar refractivity (Wildman–Crippen MR) is 127 cm³/mol. The molecule has 0 saturated carbocycles. The van der Waals surface area contributed by atoms with E-state index in [-0.39, 0.29) is 19.8 Å². The van der Waals surface area contributed by atoms with E-state index in [2.05, 4.69) is 10.1 Å². The van der Waals surface area contributed by atoms with Gasteiger partial charge in [-0.2, -0.15) is 0 Å². The molecule has 9 heteroatoms. The number of benzene rings is 2. The molecule has 0 heterocycles. The van der Waals surface area contributed by atoms with Gasteiger partial charge in [0.05, 0.1) is 13.2 Å². The van der Waals surface area contributed by atoms with E-state index in [1.807, 2.05) is 38.0 Å². The molecule has 9 nitrogen and oxygen atoms in total. The Labute approximate surface area is 193 Å². The largest absolute Gasteiger partial charge is 0.460 e. The molecule has 0 bridgehead atoms. The molecule has 2 aromatic rings. The first kappa shape index (κ1) is 27.3. The lowest BCUT2D eigenvalue weighted by atomic mass is 10.1. The maximum Gasteiger partial charge on any atom is 0.379 e.